The number of carbonyl (C=O) groups is 1. The zero-order chi connectivity index (χ0) is 24.9. The Morgan fingerprint density at radius 1 is 1.17 bits per heavy atom. The van der Waals surface area contributed by atoms with Gasteiger partial charge >= 0.3 is 6.03 Å². The molecule has 1 fully saturated rings. The molecule has 188 valence electrons. The summed E-state index contributed by atoms with van der Waals surface area (Å²) >= 11 is 1.44. The molecule has 1 aliphatic heterocycles. The highest BCUT2D eigenvalue weighted by molar-refractivity contribution is 7.22. The van der Waals surface area contributed by atoms with E-state index in [1.807, 2.05) is 24.3 Å². The molecule has 0 atom stereocenters. The Morgan fingerprint density at radius 3 is 2.83 bits per heavy atom. The van der Waals surface area contributed by atoms with E-state index in [0.717, 1.165) is 60.4 Å². The van der Waals surface area contributed by atoms with Crippen LogP contribution in [0.3, 0.4) is 0 Å². The number of hydrogen-bond donors (Lipinski definition) is 3. The minimum atomic E-state index is -0.612. The Bertz CT molecular complexity index is 1370. The highest BCUT2D eigenvalue weighted by atomic mass is 32.1. The molecule has 11 nitrogen and oxygen atoms in total. The van der Waals surface area contributed by atoms with Crippen molar-refractivity contribution in [3.63, 3.8) is 0 Å². The quantitative estimate of drug-likeness (QED) is 0.289. The van der Waals surface area contributed by atoms with Gasteiger partial charge in [0.1, 0.15) is 12.1 Å². The largest absolute Gasteiger partial charge is 0.493 e. The minimum absolute atomic E-state index is 0.565. The lowest BCUT2D eigenvalue weighted by Gasteiger charge is -2.26. The predicted octanol–water partition coefficient (Wildman–Crippen LogP) is 3.58. The number of anilines is 3. The van der Waals surface area contributed by atoms with E-state index in [9.17, 15) is 4.79 Å². The second-order valence-electron chi connectivity index (χ2n) is 8.21. The molecule has 2 amide bonds. The number of fused-ring (bicyclic) bond motifs is 2. The van der Waals surface area contributed by atoms with E-state index in [2.05, 4.69) is 30.5 Å². The van der Waals surface area contributed by atoms with E-state index in [1.165, 1.54) is 17.7 Å². The normalized spacial score (nSPS) is 14.1. The van der Waals surface area contributed by atoms with Crippen LogP contribution in [0, 0.1) is 0 Å². The number of primary amides is 1. The summed E-state index contributed by atoms with van der Waals surface area (Å²) < 4.78 is 18.0. The van der Waals surface area contributed by atoms with Crippen molar-refractivity contribution >= 4 is 55.1 Å². The molecule has 1 saturated heterocycles. The van der Waals surface area contributed by atoms with Crippen molar-refractivity contribution < 1.29 is 19.0 Å². The minimum Gasteiger partial charge on any atom is -0.493 e. The van der Waals surface area contributed by atoms with Crippen LogP contribution in [0.25, 0.3) is 21.1 Å². The standard InChI is InChI=1S/C24H27N7O4S/c1-33-19-13-18-16(12-20(19)35-8-2-5-31-6-9-34-10-7-31)22(27-14-26-18)30-24-29-17-4-3-15(28-23(25)32)11-21(17)36-24/h3-4,11-14H,2,5-10H2,1H3,(H3,25,28,32)(H,26,27,29,30). The number of amides is 2. The lowest BCUT2D eigenvalue weighted by Crippen LogP contribution is -2.37. The van der Waals surface area contributed by atoms with Crippen molar-refractivity contribution in [2.24, 2.45) is 5.73 Å². The lowest BCUT2D eigenvalue weighted by atomic mass is 10.2. The number of nitrogens with one attached hydrogen (secondary N) is 2. The van der Waals surface area contributed by atoms with E-state index < -0.39 is 6.03 Å². The average Bonchev–Trinajstić information content (AvgIpc) is 3.28. The second-order valence-corrected chi connectivity index (χ2v) is 9.24. The Hall–Kier alpha value is -3.74. The van der Waals surface area contributed by atoms with Crippen LogP contribution in [0.5, 0.6) is 11.5 Å². The molecule has 0 spiro atoms. The van der Waals surface area contributed by atoms with Crippen LogP contribution >= 0.6 is 11.3 Å². The van der Waals surface area contributed by atoms with Gasteiger partial charge in [-0.05, 0) is 30.7 Å². The molecule has 0 aliphatic carbocycles. The predicted molar refractivity (Wildman–Crippen MR) is 140 cm³/mol. The topological polar surface area (TPSA) is 137 Å². The molecule has 2 aromatic heterocycles. The van der Waals surface area contributed by atoms with E-state index in [1.54, 1.807) is 13.2 Å². The van der Waals surface area contributed by atoms with Gasteiger partial charge in [-0.2, -0.15) is 0 Å². The molecular formula is C24H27N7O4S. The molecule has 0 unspecified atom stereocenters. The number of thiazole rings is 1. The first-order valence-corrected chi connectivity index (χ1v) is 12.4. The molecule has 2 aromatic carbocycles. The number of morpholine rings is 1. The van der Waals surface area contributed by atoms with E-state index >= 15 is 0 Å². The molecular weight excluding hydrogens is 482 g/mol. The molecule has 0 bridgehead atoms. The van der Waals surface area contributed by atoms with Gasteiger partial charge in [-0.15, -0.1) is 0 Å². The van der Waals surface area contributed by atoms with Gasteiger partial charge in [0.05, 0.1) is 42.7 Å². The lowest BCUT2D eigenvalue weighted by molar-refractivity contribution is 0.0357. The molecule has 36 heavy (non-hydrogen) atoms. The van der Waals surface area contributed by atoms with Crippen LogP contribution in [0.15, 0.2) is 36.7 Å². The highest BCUT2D eigenvalue weighted by Gasteiger charge is 2.15. The first-order valence-electron chi connectivity index (χ1n) is 11.6. The fourth-order valence-corrected chi connectivity index (χ4v) is 4.93. The van der Waals surface area contributed by atoms with Gasteiger partial charge < -0.3 is 30.6 Å². The number of urea groups is 1. The summed E-state index contributed by atoms with van der Waals surface area (Å²) in [6, 6.07) is 8.54. The number of nitrogens with two attached hydrogens (primary N) is 1. The van der Waals surface area contributed by atoms with Gasteiger partial charge in [0, 0.05) is 36.8 Å². The number of carbonyl (C=O) groups excluding carboxylic acids is 1. The first-order chi connectivity index (χ1) is 17.6. The fourth-order valence-electron chi connectivity index (χ4n) is 4.03. The fraction of sp³-hybridized carbons (Fsp3) is 0.333. The Balaban J connectivity index is 1.34. The highest BCUT2D eigenvalue weighted by Crippen LogP contribution is 2.36. The molecule has 0 saturated carbocycles. The van der Waals surface area contributed by atoms with Crippen LogP contribution in [-0.2, 0) is 4.74 Å². The number of hydrogen-bond acceptors (Lipinski definition) is 10. The van der Waals surface area contributed by atoms with Crippen LogP contribution < -0.4 is 25.8 Å². The maximum atomic E-state index is 11.2. The zero-order valence-corrected chi connectivity index (χ0v) is 20.6. The third kappa shape index (κ3) is 5.56. The zero-order valence-electron chi connectivity index (χ0n) is 19.8. The summed E-state index contributed by atoms with van der Waals surface area (Å²) in [5.74, 6) is 1.86. The van der Waals surface area contributed by atoms with Crippen molar-refractivity contribution in [2.75, 3.05) is 57.2 Å². The molecule has 4 N–H and O–H groups in total. The Kier molecular flexibility index (Phi) is 7.26. The molecule has 3 heterocycles. The summed E-state index contributed by atoms with van der Waals surface area (Å²) in [5, 5.41) is 7.33. The van der Waals surface area contributed by atoms with Crippen LogP contribution in [0.2, 0.25) is 0 Å². The number of methoxy groups -OCH3 is 1. The third-order valence-corrected chi connectivity index (χ3v) is 6.72. The van der Waals surface area contributed by atoms with E-state index in [-0.39, 0.29) is 0 Å². The number of benzene rings is 2. The second kappa shape index (κ2) is 10.9. The molecule has 0 radical (unpaired) electrons. The summed E-state index contributed by atoms with van der Waals surface area (Å²) in [4.78, 5) is 27.0. The van der Waals surface area contributed by atoms with E-state index in [4.69, 9.17) is 19.9 Å². The van der Waals surface area contributed by atoms with Gasteiger partial charge in [0.25, 0.3) is 0 Å². The average molecular weight is 510 g/mol. The van der Waals surface area contributed by atoms with Crippen molar-refractivity contribution in [3.05, 3.63) is 36.7 Å². The first kappa shape index (κ1) is 24.0. The summed E-state index contributed by atoms with van der Waals surface area (Å²) in [6.45, 7) is 5.02. The van der Waals surface area contributed by atoms with Crippen molar-refractivity contribution in [3.8, 4) is 11.5 Å². The maximum Gasteiger partial charge on any atom is 0.316 e. The summed E-state index contributed by atoms with van der Waals surface area (Å²) in [7, 11) is 1.62. The number of rotatable bonds is 9. The molecule has 12 heteroatoms. The smallest absolute Gasteiger partial charge is 0.316 e. The van der Waals surface area contributed by atoms with Gasteiger partial charge in [-0.3, -0.25) is 4.90 Å². The Morgan fingerprint density at radius 2 is 2.03 bits per heavy atom. The van der Waals surface area contributed by atoms with Crippen LogP contribution in [0.4, 0.5) is 21.4 Å². The maximum absolute atomic E-state index is 11.2. The monoisotopic (exact) mass is 509 g/mol. The molecule has 5 rings (SSSR count). The summed E-state index contributed by atoms with van der Waals surface area (Å²) in [6.07, 6.45) is 2.39. The van der Waals surface area contributed by atoms with Gasteiger partial charge in [-0.25, -0.2) is 19.7 Å². The van der Waals surface area contributed by atoms with E-state index in [0.29, 0.717) is 34.7 Å². The SMILES string of the molecule is COc1cc2ncnc(Nc3nc4ccc(NC(N)=O)cc4s3)c2cc1OCCCN1CCOCC1. The third-order valence-electron chi connectivity index (χ3n) is 5.78. The van der Waals surface area contributed by atoms with Crippen LogP contribution in [0.1, 0.15) is 6.42 Å². The van der Waals surface area contributed by atoms with Crippen molar-refractivity contribution in [1.82, 2.24) is 19.9 Å². The number of aromatic nitrogens is 3. The van der Waals surface area contributed by atoms with Gasteiger partial charge in [0.15, 0.2) is 16.6 Å². The number of ether oxygens (including phenoxy) is 3. The summed E-state index contributed by atoms with van der Waals surface area (Å²) in [5.41, 5.74) is 7.35. The Labute approximate surface area is 211 Å². The number of nitrogens with zero attached hydrogens (tertiary/aromatic N) is 4. The van der Waals surface area contributed by atoms with Crippen molar-refractivity contribution in [2.45, 2.75) is 6.42 Å². The van der Waals surface area contributed by atoms with Gasteiger partial charge in [0.2, 0.25) is 0 Å². The van der Waals surface area contributed by atoms with Crippen LogP contribution in [-0.4, -0.2) is 72.4 Å². The molecule has 1 aliphatic rings. The van der Waals surface area contributed by atoms with Gasteiger partial charge in [-0.1, -0.05) is 11.3 Å². The molecule has 4 aromatic rings. The van der Waals surface area contributed by atoms with Crippen molar-refractivity contribution in [1.29, 1.82) is 0 Å².